The normalized spacial score (nSPS) is 27.7. The van der Waals surface area contributed by atoms with Gasteiger partial charge in [0.1, 0.15) is 34.3 Å². The molecule has 0 saturated carbocycles. The minimum atomic E-state index is -1.07. The number of hydrogen-bond acceptors (Lipinski definition) is 8. The standard InChI is InChI=1S/C21H24FN5O3S/c1-12-8-20(2)11-31-19(23)27-21(20,10-30-12)17-14(22)5-7-16(25-17)26-18(28)15-6-4-13(29-3)9-24-15/h4-7,9,12H,8,10-11H2,1-3H3,(H2,23,27)(H,25,26,28). The van der Waals surface area contributed by atoms with Gasteiger partial charge in [-0.25, -0.2) is 19.4 Å². The summed E-state index contributed by atoms with van der Waals surface area (Å²) in [5, 5.41) is 3.05. The van der Waals surface area contributed by atoms with Crippen molar-refractivity contribution in [2.75, 3.05) is 24.8 Å². The first-order valence-electron chi connectivity index (χ1n) is 9.84. The molecular weight excluding hydrogens is 421 g/mol. The lowest BCUT2D eigenvalue weighted by Gasteiger charge is -2.52. The van der Waals surface area contributed by atoms with Gasteiger partial charge in [0.15, 0.2) is 5.17 Å². The maximum atomic E-state index is 15.1. The van der Waals surface area contributed by atoms with Crippen LogP contribution in [-0.2, 0) is 10.3 Å². The topological polar surface area (TPSA) is 112 Å². The monoisotopic (exact) mass is 445 g/mol. The highest BCUT2D eigenvalue weighted by Crippen LogP contribution is 2.54. The number of aliphatic imine (C=N–C) groups is 1. The van der Waals surface area contributed by atoms with Crippen LogP contribution in [0.2, 0.25) is 0 Å². The number of carbonyl (C=O) groups excluding carboxylic acids is 1. The number of fused-ring (bicyclic) bond motifs is 1. The molecule has 3 atom stereocenters. The molecule has 0 aromatic carbocycles. The Kier molecular flexibility index (Phi) is 5.61. The quantitative estimate of drug-likeness (QED) is 0.744. The molecule has 0 radical (unpaired) electrons. The highest BCUT2D eigenvalue weighted by atomic mass is 32.2. The predicted octanol–water partition coefficient (Wildman–Crippen LogP) is 2.95. The number of thioether (sulfide) groups is 1. The van der Waals surface area contributed by atoms with Crippen molar-refractivity contribution in [3.8, 4) is 5.75 Å². The minimum absolute atomic E-state index is 0.0142. The van der Waals surface area contributed by atoms with Crippen molar-refractivity contribution in [3.05, 3.63) is 47.7 Å². The molecule has 0 bridgehead atoms. The van der Waals surface area contributed by atoms with Crippen molar-refractivity contribution in [2.24, 2.45) is 16.1 Å². The smallest absolute Gasteiger partial charge is 0.275 e. The molecule has 2 aromatic heterocycles. The molecule has 1 amide bonds. The van der Waals surface area contributed by atoms with Gasteiger partial charge in [-0.3, -0.25) is 4.79 Å². The number of nitrogens with one attached hydrogen (secondary N) is 1. The zero-order valence-electron chi connectivity index (χ0n) is 17.5. The second-order valence-electron chi connectivity index (χ2n) is 8.05. The summed E-state index contributed by atoms with van der Waals surface area (Å²) in [7, 11) is 1.52. The summed E-state index contributed by atoms with van der Waals surface area (Å²) >= 11 is 1.45. The average Bonchev–Trinajstić information content (AvgIpc) is 2.75. The summed E-state index contributed by atoms with van der Waals surface area (Å²) < 4.78 is 26.0. The molecule has 1 fully saturated rings. The van der Waals surface area contributed by atoms with Crippen molar-refractivity contribution >= 4 is 28.7 Å². The van der Waals surface area contributed by atoms with E-state index in [1.165, 1.54) is 43.3 Å². The summed E-state index contributed by atoms with van der Waals surface area (Å²) in [6.07, 6.45) is 2.14. The van der Waals surface area contributed by atoms with E-state index in [4.69, 9.17) is 15.2 Å². The zero-order chi connectivity index (χ0) is 22.2. The summed E-state index contributed by atoms with van der Waals surface area (Å²) in [4.78, 5) is 25.8. The van der Waals surface area contributed by atoms with E-state index >= 15 is 4.39 Å². The van der Waals surface area contributed by atoms with Crippen LogP contribution < -0.4 is 15.8 Å². The molecule has 3 N–H and O–H groups in total. The Morgan fingerprint density at radius 3 is 2.90 bits per heavy atom. The van der Waals surface area contributed by atoms with E-state index < -0.39 is 22.7 Å². The second kappa shape index (κ2) is 8.08. The number of amidine groups is 1. The van der Waals surface area contributed by atoms with E-state index in [9.17, 15) is 4.79 Å². The van der Waals surface area contributed by atoms with Crippen molar-refractivity contribution < 1.29 is 18.7 Å². The fourth-order valence-corrected chi connectivity index (χ4v) is 5.17. The number of pyridine rings is 2. The van der Waals surface area contributed by atoms with Gasteiger partial charge in [-0.15, -0.1) is 0 Å². The molecular formula is C21H24FN5O3S. The first-order valence-corrected chi connectivity index (χ1v) is 10.8. The van der Waals surface area contributed by atoms with Crippen LogP contribution in [0.4, 0.5) is 10.2 Å². The van der Waals surface area contributed by atoms with Crippen LogP contribution in [0.1, 0.15) is 36.5 Å². The summed E-state index contributed by atoms with van der Waals surface area (Å²) in [6, 6.07) is 5.85. The largest absolute Gasteiger partial charge is 0.495 e. The van der Waals surface area contributed by atoms with E-state index in [0.29, 0.717) is 23.1 Å². The molecule has 4 heterocycles. The van der Waals surface area contributed by atoms with Gasteiger partial charge in [-0.1, -0.05) is 18.7 Å². The molecule has 8 nitrogen and oxygen atoms in total. The highest BCUT2D eigenvalue weighted by molar-refractivity contribution is 8.13. The third kappa shape index (κ3) is 3.85. The molecule has 0 aliphatic carbocycles. The second-order valence-corrected chi connectivity index (χ2v) is 9.05. The van der Waals surface area contributed by atoms with Gasteiger partial charge in [0.2, 0.25) is 0 Å². The van der Waals surface area contributed by atoms with Gasteiger partial charge in [0, 0.05) is 11.2 Å². The lowest BCUT2D eigenvalue weighted by Crippen LogP contribution is -2.57. The molecule has 2 aliphatic heterocycles. The number of halogens is 1. The lowest BCUT2D eigenvalue weighted by molar-refractivity contribution is -0.0888. The number of anilines is 1. The predicted molar refractivity (Wildman–Crippen MR) is 117 cm³/mol. The third-order valence-corrected chi connectivity index (χ3v) is 7.01. The van der Waals surface area contributed by atoms with Crippen LogP contribution in [-0.4, -0.2) is 46.6 Å². The highest BCUT2D eigenvalue weighted by Gasteiger charge is 2.57. The molecule has 0 spiro atoms. The van der Waals surface area contributed by atoms with Crippen LogP contribution in [0.15, 0.2) is 35.5 Å². The Hall–Kier alpha value is -2.72. The molecule has 2 aromatic rings. The number of methoxy groups -OCH3 is 1. The minimum Gasteiger partial charge on any atom is -0.495 e. The molecule has 10 heteroatoms. The average molecular weight is 446 g/mol. The molecule has 164 valence electrons. The number of carbonyl (C=O) groups is 1. The van der Waals surface area contributed by atoms with Gasteiger partial charge in [0.05, 0.1) is 26.0 Å². The van der Waals surface area contributed by atoms with Crippen LogP contribution >= 0.6 is 11.8 Å². The van der Waals surface area contributed by atoms with E-state index in [-0.39, 0.29) is 29.9 Å². The first kappa shape index (κ1) is 21.5. The SMILES string of the molecule is COc1ccc(C(=O)Nc2ccc(F)c(C34COC(C)CC3(C)CSC(N)=N4)n2)nc1. The molecule has 1 saturated heterocycles. The lowest BCUT2D eigenvalue weighted by atomic mass is 9.65. The van der Waals surface area contributed by atoms with Crippen LogP contribution in [0.5, 0.6) is 5.75 Å². The number of nitrogens with two attached hydrogens (primary N) is 1. The van der Waals surface area contributed by atoms with Crippen LogP contribution in [0.25, 0.3) is 0 Å². The van der Waals surface area contributed by atoms with Crippen LogP contribution in [0, 0.1) is 11.2 Å². The number of nitrogens with zero attached hydrogens (tertiary/aromatic N) is 3. The van der Waals surface area contributed by atoms with Gasteiger partial charge < -0.3 is 20.5 Å². The zero-order valence-corrected chi connectivity index (χ0v) is 18.3. The van der Waals surface area contributed by atoms with Crippen molar-refractivity contribution in [1.29, 1.82) is 0 Å². The summed E-state index contributed by atoms with van der Waals surface area (Å²) in [6.45, 7) is 4.21. The fourth-order valence-electron chi connectivity index (χ4n) is 4.12. The summed E-state index contributed by atoms with van der Waals surface area (Å²) in [5.41, 5.74) is 4.86. The van der Waals surface area contributed by atoms with E-state index in [2.05, 4.69) is 27.2 Å². The number of aromatic nitrogens is 2. The van der Waals surface area contributed by atoms with E-state index in [1.54, 1.807) is 6.07 Å². The maximum Gasteiger partial charge on any atom is 0.275 e. The number of hydrogen-bond donors (Lipinski definition) is 2. The number of amides is 1. The number of ether oxygens (including phenoxy) is 2. The Bertz CT molecular complexity index is 1030. The van der Waals surface area contributed by atoms with E-state index in [0.717, 1.165) is 0 Å². The van der Waals surface area contributed by atoms with Crippen LogP contribution in [0.3, 0.4) is 0 Å². The van der Waals surface area contributed by atoms with Gasteiger partial charge in [-0.2, -0.15) is 0 Å². The van der Waals surface area contributed by atoms with Crippen molar-refractivity contribution in [2.45, 2.75) is 31.9 Å². The Morgan fingerprint density at radius 2 is 2.19 bits per heavy atom. The van der Waals surface area contributed by atoms with E-state index in [1.807, 2.05) is 6.92 Å². The number of rotatable bonds is 4. The Labute approximate surface area is 183 Å². The fraction of sp³-hybridized carbons (Fsp3) is 0.429. The van der Waals surface area contributed by atoms with Gasteiger partial charge in [-0.05, 0) is 37.6 Å². The van der Waals surface area contributed by atoms with Crippen molar-refractivity contribution in [3.63, 3.8) is 0 Å². The molecule has 4 rings (SSSR count). The summed E-state index contributed by atoms with van der Waals surface area (Å²) in [5.74, 6) is 0.413. The maximum absolute atomic E-state index is 15.1. The van der Waals surface area contributed by atoms with Crippen molar-refractivity contribution in [1.82, 2.24) is 9.97 Å². The molecule has 2 aliphatic rings. The van der Waals surface area contributed by atoms with Gasteiger partial charge in [0.25, 0.3) is 5.91 Å². The Balaban J connectivity index is 1.70. The first-order chi connectivity index (χ1) is 14.8. The molecule has 3 unspecified atom stereocenters. The Morgan fingerprint density at radius 1 is 1.39 bits per heavy atom. The van der Waals surface area contributed by atoms with Gasteiger partial charge >= 0.3 is 0 Å². The third-order valence-electron chi connectivity index (χ3n) is 5.84. The molecule has 31 heavy (non-hydrogen) atoms.